The van der Waals surface area contributed by atoms with Crippen LogP contribution in [0.5, 0.6) is 11.5 Å². The molecule has 0 heterocycles. The van der Waals surface area contributed by atoms with Crippen molar-refractivity contribution < 1.29 is 18.7 Å². The van der Waals surface area contributed by atoms with E-state index in [2.05, 4.69) is 0 Å². The van der Waals surface area contributed by atoms with Gasteiger partial charge in [0.1, 0.15) is 5.82 Å². The predicted octanol–water partition coefficient (Wildman–Crippen LogP) is 6.42. The highest BCUT2D eigenvalue weighted by atomic mass is 35.5. The molecular weight excluding hydrogens is 428 g/mol. The van der Waals surface area contributed by atoms with Crippen molar-refractivity contribution in [2.75, 3.05) is 7.11 Å². The quantitative estimate of drug-likeness (QED) is 0.198. The number of allylic oxidation sites excluding steroid dienone is 1. The lowest BCUT2D eigenvalue weighted by atomic mass is 10.0. The van der Waals surface area contributed by atoms with E-state index in [1.807, 2.05) is 6.07 Å². The van der Waals surface area contributed by atoms with Gasteiger partial charge in [-0.2, -0.15) is 5.26 Å². The molecule has 0 atom stereocenters. The molecule has 0 spiro atoms. The Labute approximate surface area is 182 Å². The summed E-state index contributed by atoms with van der Waals surface area (Å²) < 4.78 is 24.7. The molecule has 3 aromatic carbocycles. The average molecular weight is 442 g/mol. The summed E-state index contributed by atoms with van der Waals surface area (Å²) in [5, 5.41) is 9.98. The number of hydrogen-bond acceptors (Lipinski definition) is 4. The number of carbonyl (C=O) groups excluding carboxylic acids is 1. The number of methoxy groups -OCH3 is 1. The second-order valence-corrected chi connectivity index (χ2v) is 6.89. The van der Waals surface area contributed by atoms with E-state index in [1.54, 1.807) is 24.3 Å². The van der Waals surface area contributed by atoms with Crippen molar-refractivity contribution in [2.24, 2.45) is 0 Å². The van der Waals surface area contributed by atoms with Crippen LogP contribution in [0.2, 0.25) is 10.0 Å². The minimum absolute atomic E-state index is 0.149. The fraction of sp³-hybridized carbons (Fsp3) is 0.0435. The summed E-state index contributed by atoms with van der Waals surface area (Å²) in [4.78, 5) is 12.4. The minimum atomic E-state index is -0.640. The highest BCUT2D eigenvalue weighted by molar-refractivity contribution is 6.42. The fourth-order valence-corrected chi connectivity index (χ4v) is 2.95. The molecular formula is C23H14Cl2FNO3. The van der Waals surface area contributed by atoms with Crippen molar-refractivity contribution in [2.45, 2.75) is 0 Å². The van der Waals surface area contributed by atoms with Gasteiger partial charge in [-0.1, -0.05) is 47.5 Å². The van der Waals surface area contributed by atoms with Crippen LogP contribution in [-0.2, 0) is 0 Å². The second-order valence-electron chi connectivity index (χ2n) is 6.08. The summed E-state index contributed by atoms with van der Waals surface area (Å²) in [5.41, 5.74) is 1.13. The third-order valence-corrected chi connectivity index (χ3v) is 4.88. The molecule has 0 unspecified atom stereocenters. The predicted molar refractivity (Wildman–Crippen MR) is 114 cm³/mol. The summed E-state index contributed by atoms with van der Waals surface area (Å²) in [7, 11) is 1.42. The highest BCUT2D eigenvalue weighted by Crippen LogP contribution is 2.31. The van der Waals surface area contributed by atoms with E-state index in [0.717, 1.165) is 0 Å². The number of nitriles is 1. The maximum atomic E-state index is 14.0. The van der Waals surface area contributed by atoms with E-state index in [1.165, 1.54) is 49.6 Å². The zero-order valence-electron chi connectivity index (χ0n) is 15.7. The van der Waals surface area contributed by atoms with Crippen molar-refractivity contribution in [1.29, 1.82) is 5.26 Å². The average Bonchev–Trinajstić information content (AvgIpc) is 2.75. The number of ether oxygens (including phenoxy) is 2. The van der Waals surface area contributed by atoms with Gasteiger partial charge in [-0.3, -0.25) is 0 Å². The topological polar surface area (TPSA) is 59.3 Å². The summed E-state index contributed by atoms with van der Waals surface area (Å²) in [6.07, 6.45) is 1.52. The van der Waals surface area contributed by atoms with Crippen LogP contribution in [0.4, 0.5) is 4.39 Å². The fourth-order valence-electron chi connectivity index (χ4n) is 2.66. The third-order valence-electron chi connectivity index (χ3n) is 4.14. The number of carbonyl (C=O) groups is 1. The molecule has 0 bridgehead atoms. The number of halogens is 3. The first-order chi connectivity index (χ1) is 14.4. The van der Waals surface area contributed by atoms with Gasteiger partial charge in [0.15, 0.2) is 11.5 Å². The zero-order chi connectivity index (χ0) is 21.7. The molecule has 0 N–H and O–H groups in total. The van der Waals surface area contributed by atoms with E-state index >= 15 is 0 Å². The van der Waals surface area contributed by atoms with Crippen LogP contribution in [0.15, 0.2) is 60.7 Å². The molecule has 0 aliphatic carbocycles. The van der Waals surface area contributed by atoms with Crippen LogP contribution in [0.3, 0.4) is 0 Å². The molecule has 0 saturated heterocycles. The van der Waals surface area contributed by atoms with Crippen LogP contribution in [0, 0.1) is 17.1 Å². The Hall–Kier alpha value is -3.33. The molecule has 3 rings (SSSR count). The van der Waals surface area contributed by atoms with Gasteiger partial charge in [-0.05, 0) is 48.0 Å². The van der Waals surface area contributed by atoms with Crippen LogP contribution >= 0.6 is 23.2 Å². The first-order valence-corrected chi connectivity index (χ1v) is 9.40. The van der Waals surface area contributed by atoms with E-state index in [0.29, 0.717) is 10.6 Å². The Bertz CT molecular complexity index is 1190. The summed E-state index contributed by atoms with van der Waals surface area (Å²) in [6.45, 7) is 0. The zero-order valence-corrected chi connectivity index (χ0v) is 17.2. The van der Waals surface area contributed by atoms with Gasteiger partial charge < -0.3 is 9.47 Å². The molecule has 4 nitrogen and oxygen atoms in total. The first kappa shape index (κ1) is 21.4. The summed E-state index contributed by atoms with van der Waals surface area (Å²) in [6, 6.07) is 17.1. The van der Waals surface area contributed by atoms with Gasteiger partial charge in [0.25, 0.3) is 0 Å². The van der Waals surface area contributed by atoms with Crippen molar-refractivity contribution in [3.8, 4) is 17.6 Å². The molecule has 7 heteroatoms. The number of rotatable bonds is 5. The molecule has 0 amide bonds. The van der Waals surface area contributed by atoms with Gasteiger partial charge in [0.2, 0.25) is 0 Å². The SMILES string of the molecule is COc1cc(/C=C(/C#N)c2ccccc2F)ccc1OC(=O)c1ccc(Cl)c(Cl)c1. The minimum Gasteiger partial charge on any atom is -0.493 e. The van der Waals surface area contributed by atoms with Crippen LogP contribution in [0.1, 0.15) is 21.5 Å². The van der Waals surface area contributed by atoms with Crippen molar-refractivity contribution in [3.05, 3.63) is 93.2 Å². The molecule has 3 aromatic rings. The molecule has 30 heavy (non-hydrogen) atoms. The molecule has 0 aliphatic rings. The third kappa shape index (κ3) is 4.80. The van der Waals surface area contributed by atoms with Crippen LogP contribution < -0.4 is 9.47 Å². The van der Waals surface area contributed by atoms with Crippen molar-refractivity contribution in [1.82, 2.24) is 0 Å². The molecule has 0 saturated carbocycles. The maximum Gasteiger partial charge on any atom is 0.343 e. The molecule has 0 radical (unpaired) electrons. The standard InChI is InChI=1S/C23H14Cl2FNO3/c1-29-22-11-14(10-16(13-27)17-4-2-3-5-20(17)26)6-9-21(22)30-23(28)15-7-8-18(24)19(25)12-15/h2-12H,1H3/b16-10-. The van der Waals surface area contributed by atoms with Crippen LogP contribution in [-0.4, -0.2) is 13.1 Å². The second kappa shape index (κ2) is 9.45. The van der Waals surface area contributed by atoms with Gasteiger partial charge in [-0.25, -0.2) is 9.18 Å². The number of nitrogens with zero attached hydrogens (tertiary/aromatic N) is 1. The van der Waals surface area contributed by atoms with Gasteiger partial charge in [0, 0.05) is 5.56 Å². The smallest absolute Gasteiger partial charge is 0.343 e. The van der Waals surface area contributed by atoms with E-state index in [-0.39, 0.29) is 33.2 Å². The molecule has 0 aromatic heterocycles. The largest absolute Gasteiger partial charge is 0.493 e. The lowest BCUT2D eigenvalue weighted by Crippen LogP contribution is -2.09. The van der Waals surface area contributed by atoms with Crippen LogP contribution in [0.25, 0.3) is 11.6 Å². The maximum absolute atomic E-state index is 14.0. The lowest BCUT2D eigenvalue weighted by Gasteiger charge is -2.11. The van der Waals surface area contributed by atoms with Gasteiger partial charge in [0.05, 0.1) is 34.4 Å². The Kier molecular flexibility index (Phi) is 6.73. The number of esters is 1. The van der Waals surface area contributed by atoms with Gasteiger partial charge in [-0.15, -0.1) is 0 Å². The highest BCUT2D eigenvalue weighted by Gasteiger charge is 2.15. The summed E-state index contributed by atoms with van der Waals surface area (Å²) >= 11 is 11.8. The Morgan fingerprint density at radius 3 is 2.47 bits per heavy atom. The molecule has 0 fully saturated rings. The number of hydrogen-bond donors (Lipinski definition) is 0. The number of benzene rings is 3. The van der Waals surface area contributed by atoms with Crippen molar-refractivity contribution >= 4 is 40.8 Å². The van der Waals surface area contributed by atoms with E-state index in [9.17, 15) is 14.4 Å². The lowest BCUT2D eigenvalue weighted by molar-refractivity contribution is 0.0729. The molecule has 0 aliphatic heterocycles. The Balaban J connectivity index is 1.89. The summed E-state index contributed by atoms with van der Waals surface area (Å²) in [5.74, 6) is -0.693. The van der Waals surface area contributed by atoms with E-state index in [4.69, 9.17) is 32.7 Å². The Morgan fingerprint density at radius 2 is 1.80 bits per heavy atom. The monoisotopic (exact) mass is 441 g/mol. The van der Waals surface area contributed by atoms with Gasteiger partial charge >= 0.3 is 5.97 Å². The normalized spacial score (nSPS) is 11.0. The first-order valence-electron chi connectivity index (χ1n) is 8.65. The van der Waals surface area contributed by atoms with E-state index < -0.39 is 11.8 Å². The Morgan fingerprint density at radius 1 is 1.03 bits per heavy atom. The molecule has 150 valence electrons. The van der Waals surface area contributed by atoms with Crippen molar-refractivity contribution in [3.63, 3.8) is 0 Å².